The van der Waals surface area contributed by atoms with Crippen LogP contribution in [-0.4, -0.2) is 42.5 Å². The summed E-state index contributed by atoms with van der Waals surface area (Å²) in [5, 5.41) is 2.99. The lowest BCUT2D eigenvalue weighted by Crippen LogP contribution is -2.50. The van der Waals surface area contributed by atoms with Crippen molar-refractivity contribution in [3.8, 4) is 0 Å². The summed E-state index contributed by atoms with van der Waals surface area (Å²) in [5.41, 5.74) is 5.86. The molecule has 4 nitrogen and oxygen atoms in total. The topological polar surface area (TPSA) is 58.4 Å². The van der Waals surface area contributed by atoms with Crippen LogP contribution >= 0.6 is 0 Å². The van der Waals surface area contributed by atoms with Crippen molar-refractivity contribution in [2.45, 2.75) is 38.8 Å². The van der Waals surface area contributed by atoms with Crippen molar-refractivity contribution >= 4 is 5.91 Å². The van der Waals surface area contributed by atoms with Crippen LogP contribution < -0.4 is 11.1 Å². The maximum atomic E-state index is 11.8. The molecule has 2 fully saturated rings. The Kier molecular flexibility index (Phi) is 2.73. The van der Waals surface area contributed by atoms with Gasteiger partial charge in [0.05, 0.1) is 0 Å². The summed E-state index contributed by atoms with van der Waals surface area (Å²) in [6.07, 6.45) is 2.44. The van der Waals surface area contributed by atoms with E-state index in [1.807, 2.05) is 0 Å². The molecule has 15 heavy (non-hydrogen) atoms. The summed E-state index contributed by atoms with van der Waals surface area (Å²) in [7, 11) is 0. The number of hydrogen-bond acceptors (Lipinski definition) is 3. The Balaban J connectivity index is 2.16. The summed E-state index contributed by atoms with van der Waals surface area (Å²) in [4.78, 5) is 14.2. The molecule has 86 valence electrons. The third-order valence-corrected chi connectivity index (χ3v) is 3.29. The molecular weight excluding hydrogens is 190 g/mol. The van der Waals surface area contributed by atoms with Gasteiger partial charge in [-0.1, -0.05) is 13.8 Å². The van der Waals surface area contributed by atoms with E-state index in [2.05, 4.69) is 24.1 Å². The molecule has 1 heterocycles. The van der Waals surface area contributed by atoms with E-state index in [4.69, 9.17) is 5.73 Å². The van der Waals surface area contributed by atoms with Crippen molar-refractivity contribution in [1.29, 1.82) is 0 Å². The van der Waals surface area contributed by atoms with Gasteiger partial charge in [0.25, 0.3) is 0 Å². The Bertz CT molecular complexity index is 261. The van der Waals surface area contributed by atoms with Gasteiger partial charge in [0, 0.05) is 25.7 Å². The van der Waals surface area contributed by atoms with E-state index >= 15 is 0 Å². The van der Waals surface area contributed by atoms with Crippen LogP contribution in [0.5, 0.6) is 0 Å². The molecule has 0 aromatic carbocycles. The molecule has 0 bridgehead atoms. The molecule has 1 saturated heterocycles. The number of nitrogens with zero attached hydrogens (tertiary/aromatic N) is 1. The van der Waals surface area contributed by atoms with E-state index in [-0.39, 0.29) is 17.4 Å². The van der Waals surface area contributed by atoms with Gasteiger partial charge in [-0.2, -0.15) is 0 Å². The minimum absolute atomic E-state index is 0.106. The van der Waals surface area contributed by atoms with Crippen LogP contribution in [0.25, 0.3) is 0 Å². The van der Waals surface area contributed by atoms with Gasteiger partial charge in [0.15, 0.2) is 0 Å². The first-order valence-corrected chi connectivity index (χ1v) is 5.77. The first-order valence-electron chi connectivity index (χ1n) is 5.77. The van der Waals surface area contributed by atoms with E-state index in [1.165, 1.54) is 12.8 Å². The van der Waals surface area contributed by atoms with Gasteiger partial charge in [-0.3, -0.25) is 9.69 Å². The number of nitrogens with two attached hydrogens (primary N) is 1. The quantitative estimate of drug-likeness (QED) is 0.672. The molecule has 1 amide bonds. The second-order valence-electron chi connectivity index (χ2n) is 5.54. The first-order chi connectivity index (χ1) is 7.03. The fourth-order valence-electron chi connectivity index (χ4n) is 2.29. The summed E-state index contributed by atoms with van der Waals surface area (Å²) >= 11 is 0. The second-order valence-corrected chi connectivity index (χ2v) is 5.54. The van der Waals surface area contributed by atoms with Gasteiger partial charge in [0.1, 0.15) is 6.04 Å². The lowest BCUT2D eigenvalue weighted by Gasteiger charge is -2.32. The van der Waals surface area contributed by atoms with Crippen molar-refractivity contribution in [2.75, 3.05) is 19.6 Å². The van der Waals surface area contributed by atoms with Crippen molar-refractivity contribution < 1.29 is 4.79 Å². The Labute approximate surface area is 91.2 Å². The van der Waals surface area contributed by atoms with Gasteiger partial charge in [-0.15, -0.1) is 0 Å². The fourth-order valence-corrected chi connectivity index (χ4v) is 2.29. The van der Waals surface area contributed by atoms with Crippen LogP contribution in [0.1, 0.15) is 26.7 Å². The van der Waals surface area contributed by atoms with E-state index in [9.17, 15) is 4.79 Å². The Morgan fingerprint density at radius 2 is 2.20 bits per heavy atom. The monoisotopic (exact) mass is 211 g/mol. The average Bonchev–Trinajstić information content (AvgIpc) is 2.96. The molecule has 0 radical (unpaired) electrons. The highest BCUT2D eigenvalue weighted by Crippen LogP contribution is 2.32. The number of rotatable bonds is 2. The molecule has 1 aliphatic carbocycles. The first kappa shape index (κ1) is 10.9. The van der Waals surface area contributed by atoms with E-state index in [1.54, 1.807) is 0 Å². The normalized spacial score (nSPS) is 32.2. The minimum Gasteiger partial charge on any atom is -0.354 e. The van der Waals surface area contributed by atoms with Crippen LogP contribution in [0.3, 0.4) is 0 Å². The SMILES string of the molecule is CC1(C)CNC(=O)C(CN)N(C2CC2)C1. The Morgan fingerprint density at radius 1 is 1.53 bits per heavy atom. The highest BCUT2D eigenvalue weighted by atomic mass is 16.2. The maximum absolute atomic E-state index is 11.8. The summed E-state index contributed by atoms with van der Waals surface area (Å²) in [6, 6.07) is 0.487. The van der Waals surface area contributed by atoms with Crippen LogP contribution in [-0.2, 0) is 4.79 Å². The molecular formula is C11H21N3O. The molecule has 2 rings (SSSR count). The summed E-state index contributed by atoms with van der Waals surface area (Å²) in [6.45, 7) is 6.55. The van der Waals surface area contributed by atoms with Crippen LogP contribution in [0.15, 0.2) is 0 Å². The highest BCUT2D eigenvalue weighted by Gasteiger charge is 2.41. The van der Waals surface area contributed by atoms with Crippen molar-refractivity contribution in [3.63, 3.8) is 0 Å². The van der Waals surface area contributed by atoms with Crippen LogP contribution in [0.2, 0.25) is 0 Å². The maximum Gasteiger partial charge on any atom is 0.238 e. The number of carbonyl (C=O) groups excluding carboxylic acids is 1. The predicted molar refractivity (Wildman–Crippen MR) is 59.4 cm³/mol. The second kappa shape index (κ2) is 3.76. The molecule has 3 N–H and O–H groups in total. The molecule has 0 spiro atoms. The number of nitrogens with one attached hydrogen (secondary N) is 1. The Morgan fingerprint density at radius 3 is 2.73 bits per heavy atom. The van der Waals surface area contributed by atoms with Crippen LogP contribution in [0.4, 0.5) is 0 Å². The van der Waals surface area contributed by atoms with Crippen LogP contribution in [0, 0.1) is 5.41 Å². The van der Waals surface area contributed by atoms with Gasteiger partial charge >= 0.3 is 0 Å². The molecule has 4 heteroatoms. The van der Waals surface area contributed by atoms with Gasteiger partial charge < -0.3 is 11.1 Å². The zero-order valence-electron chi connectivity index (χ0n) is 9.62. The van der Waals surface area contributed by atoms with E-state index in [0.717, 1.165) is 13.1 Å². The molecule has 0 aromatic heterocycles. The fraction of sp³-hybridized carbons (Fsp3) is 0.909. The van der Waals surface area contributed by atoms with Crippen molar-refractivity contribution in [1.82, 2.24) is 10.2 Å². The molecule has 1 aliphatic heterocycles. The summed E-state index contributed by atoms with van der Waals surface area (Å²) in [5.74, 6) is 0.106. The predicted octanol–water partition coefficient (Wildman–Crippen LogP) is -0.0659. The third kappa shape index (κ3) is 2.32. The highest BCUT2D eigenvalue weighted by molar-refractivity contribution is 5.82. The zero-order valence-corrected chi connectivity index (χ0v) is 9.62. The Hall–Kier alpha value is -0.610. The lowest BCUT2D eigenvalue weighted by molar-refractivity contribution is -0.125. The van der Waals surface area contributed by atoms with Crippen molar-refractivity contribution in [2.24, 2.45) is 11.1 Å². The van der Waals surface area contributed by atoms with E-state index < -0.39 is 0 Å². The van der Waals surface area contributed by atoms with Gasteiger partial charge in [0.2, 0.25) is 5.91 Å². The molecule has 2 aliphatic rings. The van der Waals surface area contributed by atoms with Crippen molar-refractivity contribution in [3.05, 3.63) is 0 Å². The molecule has 1 unspecified atom stereocenters. The summed E-state index contributed by atoms with van der Waals surface area (Å²) < 4.78 is 0. The zero-order chi connectivity index (χ0) is 11.1. The number of hydrogen-bond donors (Lipinski definition) is 2. The molecule has 1 atom stereocenters. The third-order valence-electron chi connectivity index (χ3n) is 3.29. The largest absolute Gasteiger partial charge is 0.354 e. The lowest BCUT2D eigenvalue weighted by atomic mass is 9.93. The van der Waals surface area contributed by atoms with Gasteiger partial charge in [-0.25, -0.2) is 0 Å². The standard InChI is InChI=1S/C11H21N3O/c1-11(2)6-13-10(15)9(5-12)14(7-11)8-3-4-8/h8-9H,3-7,12H2,1-2H3,(H,13,15). The minimum atomic E-state index is -0.112. The van der Waals surface area contributed by atoms with E-state index in [0.29, 0.717) is 12.6 Å². The number of amides is 1. The average molecular weight is 211 g/mol. The number of carbonyl (C=O) groups is 1. The smallest absolute Gasteiger partial charge is 0.238 e. The van der Waals surface area contributed by atoms with Gasteiger partial charge in [-0.05, 0) is 18.3 Å². The molecule has 0 aromatic rings. The molecule has 1 saturated carbocycles.